The summed E-state index contributed by atoms with van der Waals surface area (Å²) in [4.78, 5) is 4.80. The van der Waals surface area contributed by atoms with Crippen LogP contribution in [0.3, 0.4) is 0 Å². The van der Waals surface area contributed by atoms with Crippen LogP contribution >= 0.6 is 8.58 Å². The van der Waals surface area contributed by atoms with Crippen LogP contribution < -0.4 is 10.0 Å². The zero-order valence-corrected chi connectivity index (χ0v) is 22.9. The van der Waals surface area contributed by atoms with Crippen molar-refractivity contribution in [2.24, 2.45) is 4.99 Å². The number of rotatable bonds is 9. The molecule has 0 heterocycles. The fourth-order valence-corrected chi connectivity index (χ4v) is 6.10. The van der Waals surface area contributed by atoms with Gasteiger partial charge in [-0.1, -0.05) is 101 Å². The third kappa shape index (κ3) is 7.03. The predicted octanol–water partition coefficient (Wildman–Crippen LogP) is 8.12. The molecule has 2 nitrogen and oxygen atoms in total. The first-order chi connectivity index (χ1) is 16.1. The van der Waals surface area contributed by atoms with E-state index in [2.05, 4.69) is 115 Å². The van der Waals surface area contributed by atoms with Crippen LogP contribution in [-0.2, 0) is 11.8 Å². The maximum absolute atomic E-state index is 6.54. The van der Waals surface area contributed by atoms with Crippen LogP contribution in [0.2, 0.25) is 0 Å². The molecule has 3 aromatic carbocycles. The normalized spacial score (nSPS) is 14.1. The lowest BCUT2D eigenvalue weighted by molar-refractivity contribution is 0.297. The predicted molar refractivity (Wildman–Crippen MR) is 151 cm³/mol. The third-order valence-electron chi connectivity index (χ3n) is 5.95. The Morgan fingerprint density at radius 2 is 1.59 bits per heavy atom. The molecule has 2 atom stereocenters. The Hall–Kier alpha value is -2.44. The van der Waals surface area contributed by atoms with Crippen LogP contribution in [0.25, 0.3) is 0 Å². The highest BCUT2D eigenvalue weighted by Crippen LogP contribution is 2.49. The van der Waals surface area contributed by atoms with Gasteiger partial charge in [-0.25, -0.2) is 0 Å². The Labute approximate surface area is 208 Å². The van der Waals surface area contributed by atoms with Crippen LogP contribution in [0.15, 0.2) is 71.7 Å². The number of ether oxygens (including phenoxy) is 1. The Kier molecular flexibility index (Phi) is 8.72. The van der Waals surface area contributed by atoms with E-state index in [4.69, 9.17) is 9.73 Å². The Morgan fingerprint density at radius 3 is 2.26 bits per heavy atom. The highest BCUT2D eigenvalue weighted by Gasteiger charge is 2.31. The number of hydrogen-bond acceptors (Lipinski definition) is 2. The van der Waals surface area contributed by atoms with E-state index in [1.165, 1.54) is 33.1 Å². The lowest BCUT2D eigenvalue weighted by atomic mass is 9.91. The molecule has 0 saturated carbocycles. The number of benzene rings is 3. The molecule has 34 heavy (non-hydrogen) atoms. The summed E-state index contributed by atoms with van der Waals surface area (Å²) < 4.78 is 6.54. The highest BCUT2D eigenvalue weighted by atomic mass is 31.1. The van der Waals surface area contributed by atoms with Gasteiger partial charge in [0.1, 0.15) is 12.4 Å². The van der Waals surface area contributed by atoms with Crippen molar-refractivity contribution in [3.63, 3.8) is 0 Å². The molecule has 0 aliphatic heterocycles. The monoisotopic (exact) mass is 473 g/mol. The summed E-state index contributed by atoms with van der Waals surface area (Å²) in [6, 6.07) is 23.7. The van der Waals surface area contributed by atoms with E-state index < -0.39 is 0 Å². The van der Waals surface area contributed by atoms with Crippen molar-refractivity contribution in [1.29, 1.82) is 0 Å². The molecule has 0 saturated heterocycles. The molecule has 0 aliphatic rings. The van der Waals surface area contributed by atoms with Gasteiger partial charge in [-0.3, -0.25) is 4.99 Å². The summed E-state index contributed by atoms with van der Waals surface area (Å²) in [6.07, 6.45) is 4.27. The first-order valence-corrected chi connectivity index (χ1v) is 13.3. The molecule has 0 spiro atoms. The second-order valence-corrected chi connectivity index (χ2v) is 12.3. The van der Waals surface area contributed by atoms with Crippen molar-refractivity contribution in [1.82, 2.24) is 0 Å². The van der Waals surface area contributed by atoms with Crippen molar-refractivity contribution < 1.29 is 4.74 Å². The van der Waals surface area contributed by atoms with Gasteiger partial charge in [0.2, 0.25) is 0 Å². The minimum atomic E-state index is -0.0882. The highest BCUT2D eigenvalue weighted by molar-refractivity contribution is 7.48. The van der Waals surface area contributed by atoms with Gasteiger partial charge in [-0.05, 0) is 63.0 Å². The van der Waals surface area contributed by atoms with Crippen molar-refractivity contribution in [3.05, 3.63) is 94.5 Å². The van der Waals surface area contributed by atoms with Crippen molar-refractivity contribution in [2.45, 2.75) is 78.6 Å². The quantitative estimate of drug-likeness (QED) is 0.227. The minimum absolute atomic E-state index is 0.0246. The maximum Gasteiger partial charge on any atom is 0.126 e. The van der Waals surface area contributed by atoms with Crippen molar-refractivity contribution in [2.75, 3.05) is 0 Å². The number of nitrogens with zero attached hydrogens (tertiary/aromatic N) is 1. The standard InChI is InChI=1S/C31H40NOP/c1-8-18-31(7,34-28-17-13-12-16-26(28)21-32-30(4,5)6)27-20-23(2)19-24(3)29(27)33-22-25-14-10-9-11-15-25/h9-17,19-21,34H,8,18,22H2,1-7H3/b32-21+. The Morgan fingerprint density at radius 1 is 0.912 bits per heavy atom. The van der Waals surface area contributed by atoms with E-state index >= 15 is 0 Å². The van der Waals surface area contributed by atoms with E-state index in [0.717, 1.165) is 18.6 Å². The van der Waals surface area contributed by atoms with Crippen molar-refractivity contribution in [3.8, 4) is 5.75 Å². The lowest BCUT2D eigenvalue weighted by Crippen LogP contribution is -2.22. The molecule has 3 rings (SSSR count). The average molecular weight is 474 g/mol. The summed E-state index contributed by atoms with van der Waals surface area (Å²) in [5, 5.41) is 1.34. The van der Waals surface area contributed by atoms with Crippen LogP contribution in [0.4, 0.5) is 0 Å². The van der Waals surface area contributed by atoms with Crippen LogP contribution in [0, 0.1) is 13.8 Å². The van der Waals surface area contributed by atoms with Gasteiger partial charge in [0.15, 0.2) is 0 Å². The van der Waals surface area contributed by atoms with Gasteiger partial charge in [0.05, 0.1) is 5.54 Å². The molecule has 0 bridgehead atoms. The Balaban J connectivity index is 2.02. The summed E-state index contributed by atoms with van der Waals surface area (Å²) in [5.41, 5.74) is 6.14. The summed E-state index contributed by atoms with van der Waals surface area (Å²) in [5.74, 6) is 1.04. The lowest BCUT2D eigenvalue weighted by Gasteiger charge is -2.33. The second kappa shape index (κ2) is 11.3. The van der Waals surface area contributed by atoms with E-state index in [0.29, 0.717) is 15.2 Å². The molecule has 0 N–H and O–H groups in total. The molecule has 180 valence electrons. The van der Waals surface area contributed by atoms with Gasteiger partial charge in [-0.15, -0.1) is 0 Å². The van der Waals surface area contributed by atoms with Crippen LogP contribution in [0.1, 0.15) is 75.3 Å². The molecular weight excluding hydrogens is 433 g/mol. The van der Waals surface area contributed by atoms with E-state index in [1.807, 2.05) is 6.07 Å². The third-order valence-corrected chi connectivity index (χ3v) is 7.75. The smallest absolute Gasteiger partial charge is 0.126 e. The minimum Gasteiger partial charge on any atom is -0.488 e. The first kappa shape index (κ1) is 26.2. The van der Waals surface area contributed by atoms with E-state index in [1.54, 1.807) is 0 Å². The largest absolute Gasteiger partial charge is 0.488 e. The van der Waals surface area contributed by atoms with Gasteiger partial charge in [0.25, 0.3) is 0 Å². The number of hydrogen-bond donors (Lipinski definition) is 0. The molecule has 0 amide bonds. The average Bonchev–Trinajstić information content (AvgIpc) is 2.78. The van der Waals surface area contributed by atoms with Gasteiger partial charge < -0.3 is 4.74 Å². The van der Waals surface area contributed by atoms with Crippen LogP contribution in [0.5, 0.6) is 5.75 Å². The number of aryl methyl sites for hydroxylation is 2. The molecule has 0 aromatic heterocycles. The molecule has 2 unspecified atom stereocenters. The van der Waals surface area contributed by atoms with Gasteiger partial charge in [0, 0.05) is 16.9 Å². The van der Waals surface area contributed by atoms with E-state index in [-0.39, 0.29) is 10.7 Å². The zero-order chi connectivity index (χ0) is 24.8. The maximum atomic E-state index is 6.54. The summed E-state index contributed by atoms with van der Waals surface area (Å²) >= 11 is 0. The van der Waals surface area contributed by atoms with Gasteiger partial charge >= 0.3 is 0 Å². The van der Waals surface area contributed by atoms with Gasteiger partial charge in [-0.2, -0.15) is 0 Å². The molecule has 0 radical (unpaired) electrons. The fourth-order valence-electron chi connectivity index (χ4n) is 4.33. The molecule has 0 fully saturated rings. The molecule has 0 aliphatic carbocycles. The molecule has 3 aromatic rings. The molecule has 3 heteroatoms. The second-order valence-electron chi connectivity index (χ2n) is 10.5. The number of aliphatic imine (C=N–C) groups is 1. The van der Waals surface area contributed by atoms with E-state index in [9.17, 15) is 0 Å². The first-order valence-electron chi connectivity index (χ1n) is 12.3. The fraction of sp³-hybridized carbons (Fsp3) is 0.387. The summed E-state index contributed by atoms with van der Waals surface area (Å²) in [6.45, 7) is 16.1. The van der Waals surface area contributed by atoms with Crippen LogP contribution in [-0.4, -0.2) is 11.8 Å². The zero-order valence-electron chi connectivity index (χ0n) is 21.9. The van der Waals surface area contributed by atoms with Crippen molar-refractivity contribution >= 4 is 20.1 Å². The summed E-state index contributed by atoms with van der Waals surface area (Å²) in [7, 11) is 0.614. The Bertz CT molecular complexity index is 1110. The molecular formula is C31H40NOP. The SMILES string of the molecule is CCCC(C)(Pc1ccccc1/C=N/C(C)(C)C)c1cc(C)cc(C)c1OCc1ccccc1. The topological polar surface area (TPSA) is 21.6 Å².